The molecule has 12 amide bonds. The van der Waals surface area contributed by atoms with E-state index in [9.17, 15) is 72.9 Å². The van der Waals surface area contributed by atoms with Gasteiger partial charge in [0.25, 0.3) is 0 Å². The Bertz CT molecular complexity index is 3890. The SMILES string of the molecule is CC(=O)N[C@@H](Cc1ccc(O)cc1)C(=O)N[C@@H](CC(N)=O)C(=O)N[C@@H](Cc1c[nH]c2ccccc12)C(=O)N[C@@H](CC(N)=O)C(=O)N[C@@H](CO)C(=O)N[C@@H](Cc1ccccc1)C(=O)NCc1cn([C@@H](CC(C)C)C(=O)N[C@@H](CCCCNC(=N)N)C(=O)N[C@@H](Cc2ccc(O)cc2)C(N)=O)nn1. The zero-order valence-electron chi connectivity index (χ0n) is 55.8. The number of unbranched alkanes of at least 4 members (excludes halogenated alkanes) is 1. The monoisotopic (exact) mass is 1400 g/mol. The number of aliphatic hydroxyl groups excluding tert-OH is 1. The molecule has 0 fully saturated rings. The highest BCUT2D eigenvalue weighted by atomic mass is 16.3. The fraction of sp³-hybridized carbons (Fsp3) is 0.388. The Morgan fingerprint density at radius 3 is 1.52 bits per heavy atom. The number of nitrogens with zero attached hydrogens (tertiary/aromatic N) is 3. The number of carbonyl (C=O) groups is 12. The van der Waals surface area contributed by atoms with Gasteiger partial charge in [-0.15, -0.1) is 5.10 Å². The molecule has 0 saturated carbocycles. The van der Waals surface area contributed by atoms with E-state index in [0.29, 0.717) is 52.5 Å². The molecule has 540 valence electrons. The number of primary amides is 3. The number of aromatic hydroxyl groups is 2. The van der Waals surface area contributed by atoms with Crippen LogP contribution in [-0.4, -0.2) is 174 Å². The molecule has 0 bridgehead atoms. The van der Waals surface area contributed by atoms with E-state index in [1.54, 1.807) is 72.9 Å². The average molecular weight is 1400 g/mol. The minimum atomic E-state index is -1.91. The van der Waals surface area contributed by atoms with Crippen molar-refractivity contribution in [2.75, 3.05) is 13.2 Å². The quantitative estimate of drug-likeness (QED) is 0.0104. The van der Waals surface area contributed by atoms with Crippen molar-refractivity contribution in [3.63, 3.8) is 0 Å². The molecule has 2 heterocycles. The van der Waals surface area contributed by atoms with Crippen LogP contribution in [-0.2, 0) is 89.8 Å². The molecule has 0 aliphatic heterocycles. The molecule has 6 rings (SSSR count). The van der Waals surface area contributed by atoms with Crippen LogP contribution in [0.4, 0.5) is 0 Å². The lowest BCUT2D eigenvalue weighted by molar-refractivity contribution is -0.137. The maximum Gasteiger partial charge on any atom is 0.245 e. The number of aromatic nitrogens is 4. The Kier molecular flexibility index (Phi) is 29.6. The summed E-state index contributed by atoms with van der Waals surface area (Å²) < 4.78 is 1.26. The summed E-state index contributed by atoms with van der Waals surface area (Å²) in [7, 11) is 0. The first-order chi connectivity index (χ1) is 48.0. The zero-order valence-corrected chi connectivity index (χ0v) is 55.8. The number of phenolic OH excluding ortho intramolecular Hbond substituents is 2. The number of phenols is 2. The number of guanidine groups is 1. The number of para-hydroxylation sites is 1. The number of fused-ring (bicyclic) bond motifs is 1. The van der Waals surface area contributed by atoms with Gasteiger partial charge < -0.3 is 96.4 Å². The number of aromatic amines is 1. The van der Waals surface area contributed by atoms with Crippen LogP contribution in [0.25, 0.3) is 10.9 Å². The van der Waals surface area contributed by atoms with Crippen LogP contribution in [0.3, 0.4) is 0 Å². The number of hydrogen-bond donors (Lipinski definition) is 19. The van der Waals surface area contributed by atoms with Crippen LogP contribution < -0.4 is 76.1 Å². The summed E-state index contributed by atoms with van der Waals surface area (Å²) >= 11 is 0. The van der Waals surface area contributed by atoms with Crippen LogP contribution in [0.15, 0.2) is 116 Å². The molecule has 34 heteroatoms. The minimum absolute atomic E-state index is 0.0145. The van der Waals surface area contributed by atoms with Gasteiger partial charge in [0.05, 0.1) is 32.2 Å². The van der Waals surface area contributed by atoms with E-state index >= 15 is 0 Å². The van der Waals surface area contributed by atoms with Crippen molar-refractivity contribution in [3.05, 3.63) is 143 Å². The van der Waals surface area contributed by atoms with Gasteiger partial charge in [-0.05, 0) is 84.2 Å². The largest absolute Gasteiger partial charge is 0.508 e. The molecule has 6 aromatic rings. The lowest BCUT2D eigenvalue weighted by atomic mass is 10.0. The first-order valence-corrected chi connectivity index (χ1v) is 32.3. The Hall–Kier alpha value is -12.0. The van der Waals surface area contributed by atoms with Gasteiger partial charge in [0, 0.05) is 56.3 Å². The maximum absolute atomic E-state index is 14.6. The van der Waals surface area contributed by atoms with Crippen LogP contribution in [0.2, 0.25) is 0 Å². The number of rotatable bonds is 40. The number of nitrogens with two attached hydrogens (primary N) is 4. The highest BCUT2D eigenvalue weighted by Crippen LogP contribution is 2.22. The molecule has 4 aromatic carbocycles. The lowest BCUT2D eigenvalue weighted by Gasteiger charge is -2.27. The number of nitrogens with one attached hydrogen (secondary N) is 12. The van der Waals surface area contributed by atoms with Crippen molar-refractivity contribution in [2.45, 2.75) is 146 Å². The van der Waals surface area contributed by atoms with Gasteiger partial charge in [-0.25, -0.2) is 4.68 Å². The van der Waals surface area contributed by atoms with Crippen molar-refractivity contribution in [3.8, 4) is 11.5 Å². The number of amides is 12. The molecule has 34 nitrogen and oxygen atoms in total. The first kappa shape index (κ1) is 78.0. The van der Waals surface area contributed by atoms with Crippen LogP contribution in [0, 0.1) is 11.3 Å². The van der Waals surface area contributed by atoms with Crippen LogP contribution in [0.1, 0.15) is 93.3 Å². The van der Waals surface area contributed by atoms with Gasteiger partial charge in [0.1, 0.15) is 71.6 Å². The molecule has 0 aliphatic carbocycles. The molecule has 0 aliphatic rings. The van der Waals surface area contributed by atoms with Gasteiger partial charge in [0.2, 0.25) is 70.9 Å². The third-order valence-corrected chi connectivity index (χ3v) is 15.8. The highest BCUT2D eigenvalue weighted by molar-refractivity contribution is 6.00. The second-order valence-electron chi connectivity index (χ2n) is 24.5. The van der Waals surface area contributed by atoms with Gasteiger partial charge in [-0.2, -0.15) is 0 Å². The standard InChI is InChI=1S/C67H87N19O15/c1-36(2)25-55(66(101)77-47(15-9-10-24-73-67(71)72)60(95)78-48(58(70)93)26-39-16-20-43(89)21-17-39)86-34-42(84-85-86)33-75-59(94)49(27-38-11-5-4-6-12-38)79-65(100)54(35-87)83-64(99)53(31-57(69)92)82-62(97)51(29-41-32-74-46-14-8-7-13-45(41)46)80-63(98)52(30-56(68)91)81-61(96)50(76-37(3)88)28-40-18-22-44(90)23-19-40/h4-8,11-14,16-23,32,34,36,47-55,74,87,89-90H,9-10,15,24-31,33,35H2,1-3H3,(H2,68,91)(H2,69,92)(H2,70,93)(H,75,94)(H,76,88)(H,77,101)(H,78,95)(H,79,100)(H,80,98)(H,81,96)(H,82,97)(H,83,99)(H4,71,72,73)/t47-,48-,49-,50-,51-,52-,53-,54-,55-/m0/s1. The fourth-order valence-corrected chi connectivity index (χ4v) is 10.7. The van der Waals surface area contributed by atoms with E-state index in [4.69, 9.17) is 28.3 Å². The van der Waals surface area contributed by atoms with Gasteiger partial charge >= 0.3 is 0 Å². The van der Waals surface area contributed by atoms with Crippen molar-refractivity contribution in [1.82, 2.24) is 73.1 Å². The molecule has 23 N–H and O–H groups in total. The topological polar surface area (TPSA) is 560 Å². The summed E-state index contributed by atoms with van der Waals surface area (Å²) in [6, 6.07) is 13.4. The highest BCUT2D eigenvalue weighted by Gasteiger charge is 2.36. The maximum atomic E-state index is 14.6. The van der Waals surface area contributed by atoms with Crippen molar-refractivity contribution < 1.29 is 72.9 Å². The smallest absolute Gasteiger partial charge is 0.245 e. The molecule has 2 aromatic heterocycles. The normalized spacial score (nSPS) is 13.8. The van der Waals surface area contributed by atoms with Gasteiger partial charge in [-0.3, -0.25) is 62.9 Å². The Morgan fingerprint density at radius 1 is 0.525 bits per heavy atom. The number of aliphatic hydroxyl groups is 1. The van der Waals surface area contributed by atoms with E-state index in [1.165, 1.54) is 47.3 Å². The average Bonchev–Trinajstić information content (AvgIpc) is 1.74. The molecular weight excluding hydrogens is 1310 g/mol. The third kappa shape index (κ3) is 25.4. The van der Waals surface area contributed by atoms with Gasteiger partial charge in [-0.1, -0.05) is 91.9 Å². The van der Waals surface area contributed by atoms with Crippen molar-refractivity contribution in [2.24, 2.45) is 28.9 Å². The van der Waals surface area contributed by atoms with Crippen LogP contribution >= 0.6 is 0 Å². The van der Waals surface area contributed by atoms with E-state index in [2.05, 4.69) is 68.5 Å². The second-order valence-corrected chi connectivity index (χ2v) is 24.5. The Morgan fingerprint density at radius 2 is 0.990 bits per heavy atom. The lowest BCUT2D eigenvalue weighted by Crippen LogP contribution is -2.61. The molecule has 101 heavy (non-hydrogen) atoms. The van der Waals surface area contributed by atoms with E-state index in [0.717, 1.165) is 6.92 Å². The second kappa shape index (κ2) is 38.2. The molecular formula is C67H87N19O15. The number of benzene rings is 4. The third-order valence-electron chi connectivity index (χ3n) is 15.8. The van der Waals surface area contributed by atoms with Crippen molar-refractivity contribution >= 4 is 87.7 Å². The Labute approximate surface area is 579 Å². The number of carbonyl (C=O) groups excluding carboxylic acids is 12. The summed E-state index contributed by atoms with van der Waals surface area (Å²) in [5.41, 5.74) is 25.1. The van der Waals surface area contributed by atoms with Crippen LogP contribution in [0.5, 0.6) is 11.5 Å². The summed E-state index contributed by atoms with van der Waals surface area (Å²) in [6.07, 6.45) is 1.60. The molecule has 0 saturated heterocycles. The van der Waals surface area contributed by atoms with E-state index in [-0.39, 0.29) is 74.1 Å². The molecule has 0 spiro atoms. The predicted molar refractivity (Wildman–Crippen MR) is 365 cm³/mol. The summed E-state index contributed by atoms with van der Waals surface area (Å²) in [5.74, 6) is -11.9. The fourth-order valence-electron chi connectivity index (χ4n) is 10.7. The summed E-state index contributed by atoms with van der Waals surface area (Å²) in [4.78, 5) is 167. The van der Waals surface area contributed by atoms with Gasteiger partial charge in [0.15, 0.2) is 5.96 Å². The molecule has 9 atom stereocenters. The Balaban J connectivity index is 1.17. The minimum Gasteiger partial charge on any atom is -0.508 e. The molecule has 0 radical (unpaired) electrons. The summed E-state index contributed by atoms with van der Waals surface area (Å²) in [5, 5.41) is 72.1. The molecule has 0 unspecified atom stereocenters. The first-order valence-electron chi connectivity index (χ1n) is 32.3. The van der Waals surface area contributed by atoms with Crippen molar-refractivity contribution in [1.29, 1.82) is 5.41 Å². The van der Waals surface area contributed by atoms with E-state index < -0.39 is 145 Å². The number of hydrogen-bond acceptors (Lipinski definition) is 18. The summed E-state index contributed by atoms with van der Waals surface area (Å²) in [6.45, 7) is 3.70. The predicted octanol–water partition coefficient (Wildman–Crippen LogP) is -2.88. The zero-order chi connectivity index (χ0) is 73.9. The number of H-pyrrole nitrogens is 1. The van der Waals surface area contributed by atoms with E-state index in [1.807, 2.05) is 13.8 Å².